The van der Waals surface area contributed by atoms with E-state index in [2.05, 4.69) is 29.3 Å². The van der Waals surface area contributed by atoms with Gasteiger partial charge in [-0.3, -0.25) is 0 Å². The van der Waals surface area contributed by atoms with Gasteiger partial charge in [-0.05, 0) is 43.7 Å². The SMILES string of the molecule is CCCN(c1nc2c(cc1C#N)CCCC2)C1CNC1. The van der Waals surface area contributed by atoms with Crippen molar-refractivity contribution in [2.24, 2.45) is 0 Å². The van der Waals surface area contributed by atoms with E-state index in [9.17, 15) is 5.26 Å². The number of hydrogen-bond acceptors (Lipinski definition) is 4. The van der Waals surface area contributed by atoms with Gasteiger partial charge in [0, 0.05) is 25.3 Å². The second kappa shape index (κ2) is 5.80. The Bertz CT molecular complexity index is 528. The molecule has 0 saturated carbocycles. The molecule has 2 heterocycles. The molecule has 1 fully saturated rings. The Morgan fingerprint density at radius 3 is 2.85 bits per heavy atom. The largest absolute Gasteiger partial charge is 0.350 e. The van der Waals surface area contributed by atoms with Crippen molar-refractivity contribution >= 4 is 5.82 Å². The van der Waals surface area contributed by atoms with Crippen LogP contribution in [0.5, 0.6) is 0 Å². The third kappa shape index (κ3) is 2.38. The zero-order chi connectivity index (χ0) is 13.9. The van der Waals surface area contributed by atoms with Gasteiger partial charge in [-0.1, -0.05) is 6.92 Å². The summed E-state index contributed by atoms with van der Waals surface area (Å²) in [4.78, 5) is 7.22. The van der Waals surface area contributed by atoms with Crippen molar-refractivity contribution in [3.63, 3.8) is 0 Å². The summed E-state index contributed by atoms with van der Waals surface area (Å²) < 4.78 is 0. The maximum Gasteiger partial charge on any atom is 0.147 e. The van der Waals surface area contributed by atoms with Gasteiger partial charge in [0.25, 0.3) is 0 Å². The molecule has 0 amide bonds. The highest BCUT2D eigenvalue weighted by Gasteiger charge is 2.28. The van der Waals surface area contributed by atoms with E-state index < -0.39 is 0 Å². The van der Waals surface area contributed by atoms with Crippen molar-refractivity contribution in [1.29, 1.82) is 5.26 Å². The average molecular weight is 270 g/mol. The number of anilines is 1. The first-order chi connectivity index (χ1) is 9.83. The van der Waals surface area contributed by atoms with Crippen LogP contribution in [0.3, 0.4) is 0 Å². The van der Waals surface area contributed by atoms with E-state index >= 15 is 0 Å². The molecule has 0 aromatic carbocycles. The minimum absolute atomic E-state index is 0.496. The average Bonchev–Trinajstić information content (AvgIpc) is 2.43. The zero-order valence-electron chi connectivity index (χ0n) is 12.2. The lowest BCUT2D eigenvalue weighted by atomic mass is 9.94. The van der Waals surface area contributed by atoms with Crippen LogP contribution in [0.4, 0.5) is 5.82 Å². The van der Waals surface area contributed by atoms with Crippen LogP contribution < -0.4 is 10.2 Å². The fraction of sp³-hybridized carbons (Fsp3) is 0.625. The quantitative estimate of drug-likeness (QED) is 0.909. The molecule has 3 rings (SSSR count). The maximum atomic E-state index is 9.48. The maximum absolute atomic E-state index is 9.48. The third-order valence-electron chi connectivity index (χ3n) is 4.34. The number of pyridine rings is 1. The molecular weight excluding hydrogens is 248 g/mol. The number of rotatable bonds is 4. The molecule has 4 heteroatoms. The van der Waals surface area contributed by atoms with Crippen molar-refractivity contribution in [3.8, 4) is 6.07 Å². The lowest BCUT2D eigenvalue weighted by Gasteiger charge is -2.39. The minimum Gasteiger partial charge on any atom is -0.350 e. The highest BCUT2D eigenvalue weighted by Crippen LogP contribution is 2.28. The summed E-state index contributed by atoms with van der Waals surface area (Å²) in [6.07, 6.45) is 5.68. The molecule has 1 aliphatic heterocycles. The van der Waals surface area contributed by atoms with Crippen LogP contribution >= 0.6 is 0 Å². The summed E-state index contributed by atoms with van der Waals surface area (Å²) in [6, 6.07) is 4.95. The summed E-state index contributed by atoms with van der Waals surface area (Å²) in [7, 11) is 0. The molecular formula is C16H22N4. The molecule has 2 aliphatic rings. The van der Waals surface area contributed by atoms with E-state index in [-0.39, 0.29) is 0 Å². The molecule has 1 aromatic rings. The highest BCUT2D eigenvalue weighted by atomic mass is 15.3. The molecule has 4 nitrogen and oxygen atoms in total. The Hall–Kier alpha value is -1.60. The van der Waals surface area contributed by atoms with Gasteiger partial charge in [0.2, 0.25) is 0 Å². The summed E-state index contributed by atoms with van der Waals surface area (Å²) in [5, 5.41) is 12.8. The van der Waals surface area contributed by atoms with Gasteiger partial charge < -0.3 is 10.2 Å². The number of nitrogens with zero attached hydrogens (tertiary/aromatic N) is 3. The van der Waals surface area contributed by atoms with E-state index in [4.69, 9.17) is 4.98 Å². The summed E-state index contributed by atoms with van der Waals surface area (Å²) in [6.45, 7) is 5.17. The predicted octanol–water partition coefficient (Wildman–Crippen LogP) is 2.02. The Labute approximate surface area is 120 Å². The Morgan fingerprint density at radius 2 is 2.20 bits per heavy atom. The molecule has 1 N–H and O–H groups in total. The van der Waals surface area contributed by atoms with Gasteiger partial charge in [0.05, 0.1) is 11.6 Å². The molecule has 0 unspecified atom stereocenters. The van der Waals surface area contributed by atoms with Crippen molar-refractivity contribution in [3.05, 3.63) is 22.9 Å². The van der Waals surface area contributed by atoms with Crippen molar-refractivity contribution in [1.82, 2.24) is 10.3 Å². The van der Waals surface area contributed by atoms with Crippen LogP contribution in [-0.2, 0) is 12.8 Å². The molecule has 0 spiro atoms. The summed E-state index contributed by atoms with van der Waals surface area (Å²) in [5.74, 6) is 0.918. The topological polar surface area (TPSA) is 52.0 Å². The standard InChI is InChI=1S/C16H22N4/c1-2-7-20(14-10-18-11-14)16-13(9-17)8-12-5-3-4-6-15(12)19-16/h8,14,18H,2-7,10-11H2,1H3. The molecule has 0 radical (unpaired) electrons. The van der Waals surface area contributed by atoms with Crippen molar-refractivity contribution < 1.29 is 0 Å². The van der Waals surface area contributed by atoms with Crippen LogP contribution in [0.1, 0.15) is 43.0 Å². The predicted molar refractivity (Wildman–Crippen MR) is 79.9 cm³/mol. The van der Waals surface area contributed by atoms with E-state index in [1.165, 1.54) is 24.1 Å². The molecule has 1 aromatic heterocycles. The monoisotopic (exact) mass is 270 g/mol. The number of aromatic nitrogens is 1. The van der Waals surface area contributed by atoms with Crippen LogP contribution in [0.15, 0.2) is 6.07 Å². The summed E-state index contributed by atoms with van der Waals surface area (Å²) >= 11 is 0. The number of aryl methyl sites for hydroxylation is 2. The number of nitriles is 1. The Balaban J connectivity index is 1.99. The molecule has 0 atom stereocenters. The van der Waals surface area contributed by atoms with Crippen LogP contribution in [0, 0.1) is 11.3 Å². The normalized spacial score (nSPS) is 18.0. The lowest BCUT2D eigenvalue weighted by molar-refractivity contribution is 0.410. The van der Waals surface area contributed by atoms with Gasteiger partial charge in [-0.15, -0.1) is 0 Å². The lowest BCUT2D eigenvalue weighted by Crippen LogP contribution is -2.58. The molecule has 1 saturated heterocycles. The number of nitrogens with one attached hydrogen (secondary N) is 1. The van der Waals surface area contributed by atoms with E-state index in [0.29, 0.717) is 6.04 Å². The zero-order valence-corrected chi connectivity index (χ0v) is 12.2. The second-order valence-corrected chi connectivity index (χ2v) is 5.79. The smallest absolute Gasteiger partial charge is 0.147 e. The van der Waals surface area contributed by atoms with Crippen molar-refractivity contribution in [2.45, 2.75) is 45.1 Å². The van der Waals surface area contributed by atoms with Gasteiger partial charge in [-0.25, -0.2) is 4.98 Å². The molecule has 1 aliphatic carbocycles. The van der Waals surface area contributed by atoms with Crippen LogP contribution in [0.2, 0.25) is 0 Å². The second-order valence-electron chi connectivity index (χ2n) is 5.79. The molecule has 20 heavy (non-hydrogen) atoms. The minimum atomic E-state index is 0.496. The Morgan fingerprint density at radius 1 is 1.40 bits per heavy atom. The van der Waals surface area contributed by atoms with Gasteiger partial charge in [-0.2, -0.15) is 5.26 Å². The van der Waals surface area contributed by atoms with Gasteiger partial charge in [0.15, 0.2) is 0 Å². The fourth-order valence-electron chi connectivity index (χ4n) is 3.12. The van der Waals surface area contributed by atoms with Crippen LogP contribution in [-0.4, -0.2) is 30.7 Å². The molecule has 106 valence electrons. The first-order valence-corrected chi connectivity index (χ1v) is 7.73. The van der Waals surface area contributed by atoms with Gasteiger partial charge >= 0.3 is 0 Å². The number of fused-ring (bicyclic) bond motifs is 1. The first kappa shape index (κ1) is 13.4. The number of hydrogen-bond donors (Lipinski definition) is 1. The summed E-state index contributed by atoms with van der Waals surface area (Å²) in [5.41, 5.74) is 3.27. The van der Waals surface area contributed by atoms with E-state index in [1.54, 1.807) is 0 Å². The van der Waals surface area contributed by atoms with Gasteiger partial charge in [0.1, 0.15) is 11.9 Å². The Kier molecular flexibility index (Phi) is 3.88. The van der Waals surface area contributed by atoms with E-state index in [0.717, 1.165) is 50.3 Å². The molecule has 0 bridgehead atoms. The van der Waals surface area contributed by atoms with E-state index in [1.807, 2.05) is 0 Å². The first-order valence-electron chi connectivity index (χ1n) is 7.73. The van der Waals surface area contributed by atoms with Crippen LogP contribution in [0.25, 0.3) is 0 Å². The fourth-order valence-corrected chi connectivity index (χ4v) is 3.12. The third-order valence-corrected chi connectivity index (χ3v) is 4.34. The highest BCUT2D eigenvalue weighted by molar-refractivity contribution is 5.57. The van der Waals surface area contributed by atoms with Crippen molar-refractivity contribution in [2.75, 3.05) is 24.5 Å².